The molecule has 2 N–H and O–H groups in total. The van der Waals surface area contributed by atoms with Crippen molar-refractivity contribution in [2.24, 2.45) is 11.1 Å². The molecule has 0 saturated carbocycles. The molecule has 2 nitrogen and oxygen atoms in total. The standard InChI is InChI=1S/C16H22N2/c1-16(2,11-17)9-13-10-18-8-4-6-12-5-3-7-14(13)15(12)18/h3,5,7,10H,4,6,8-9,11,17H2,1-2H3. The lowest BCUT2D eigenvalue weighted by Gasteiger charge is -2.21. The summed E-state index contributed by atoms with van der Waals surface area (Å²) in [6, 6.07) is 6.74. The first-order valence-electron chi connectivity index (χ1n) is 6.90. The molecule has 0 spiro atoms. The third kappa shape index (κ3) is 1.85. The molecule has 2 heterocycles. The van der Waals surface area contributed by atoms with Gasteiger partial charge in [-0.2, -0.15) is 0 Å². The Labute approximate surface area is 109 Å². The van der Waals surface area contributed by atoms with E-state index in [2.05, 4.69) is 42.8 Å². The molecule has 2 heteroatoms. The van der Waals surface area contributed by atoms with E-state index in [0.717, 1.165) is 19.5 Å². The van der Waals surface area contributed by atoms with Gasteiger partial charge < -0.3 is 10.3 Å². The van der Waals surface area contributed by atoms with Gasteiger partial charge in [-0.25, -0.2) is 0 Å². The summed E-state index contributed by atoms with van der Waals surface area (Å²) in [6.07, 6.45) is 5.91. The van der Waals surface area contributed by atoms with Crippen molar-refractivity contribution in [3.63, 3.8) is 0 Å². The second kappa shape index (κ2) is 4.13. The first-order chi connectivity index (χ1) is 8.61. The van der Waals surface area contributed by atoms with Crippen LogP contribution in [0.3, 0.4) is 0 Å². The minimum Gasteiger partial charge on any atom is -0.347 e. The Morgan fingerprint density at radius 1 is 1.33 bits per heavy atom. The molecule has 0 atom stereocenters. The van der Waals surface area contributed by atoms with Crippen LogP contribution in [0.4, 0.5) is 0 Å². The third-order valence-corrected chi connectivity index (χ3v) is 4.13. The number of rotatable bonds is 3. The summed E-state index contributed by atoms with van der Waals surface area (Å²) in [6.45, 7) is 6.40. The summed E-state index contributed by atoms with van der Waals surface area (Å²) in [5.41, 5.74) is 10.5. The van der Waals surface area contributed by atoms with Crippen LogP contribution in [0.1, 0.15) is 31.4 Å². The molecule has 3 rings (SSSR count). The third-order valence-electron chi connectivity index (χ3n) is 4.13. The lowest BCUT2D eigenvalue weighted by molar-refractivity contribution is 0.377. The highest BCUT2D eigenvalue weighted by Gasteiger charge is 2.21. The van der Waals surface area contributed by atoms with Crippen molar-refractivity contribution in [2.75, 3.05) is 6.54 Å². The second-order valence-electron chi connectivity index (χ2n) is 6.31. The van der Waals surface area contributed by atoms with Gasteiger partial charge in [-0.3, -0.25) is 0 Å². The molecule has 1 aromatic carbocycles. The molecule has 0 aliphatic carbocycles. The molecule has 1 aliphatic heterocycles. The van der Waals surface area contributed by atoms with Crippen molar-refractivity contribution in [3.8, 4) is 0 Å². The minimum absolute atomic E-state index is 0.184. The number of aromatic nitrogens is 1. The fourth-order valence-electron chi connectivity index (χ4n) is 3.06. The first-order valence-corrected chi connectivity index (χ1v) is 6.90. The maximum absolute atomic E-state index is 5.87. The van der Waals surface area contributed by atoms with E-state index in [0.29, 0.717) is 0 Å². The van der Waals surface area contributed by atoms with Crippen LogP contribution in [0.2, 0.25) is 0 Å². The van der Waals surface area contributed by atoms with E-state index >= 15 is 0 Å². The SMILES string of the molecule is CC(C)(CN)Cc1cn2c3c(cccc13)CCC2. The maximum atomic E-state index is 5.87. The Kier molecular flexibility index (Phi) is 2.70. The molecule has 1 aliphatic rings. The smallest absolute Gasteiger partial charge is 0.0515 e. The number of nitrogens with two attached hydrogens (primary N) is 1. The van der Waals surface area contributed by atoms with Gasteiger partial charge in [-0.1, -0.05) is 32.0 Å². The molecule has 0 amide bonds. The van der Waals surface area contributed by atoms with E-state index in [9.17, 15) is 0 Å². The number of hydrogen-bond acceptors (Lipinski definition) is 1. The largest absolute Gasteiger partial charge is 0.347 e. The Bertz CT molecular complexity index is 578. The molecule has 18 heavy (non-hydrogen) atoms. The summed E-state index contributed by atoms with van der Waals surface area (Å²) < 4.78 is 2.44. The highest BCUT2D eigenvalue weighted by atomic mass is 15.0. The van der Waals surface area contributed by atoms with Gasteiger partial charge in [-0.15, -0.1) is 0 Å². The highest BCUT2D eigenvalue weighted by Crippen LogP contribution is 2.32. The van der Waals surface area contributed by atoms with Crippen LogP contribution < -0.4 is 5.73 Å². The van der Waals surface area contributed by atoms with Crippen LogP contribution >= 0.6 is 0 Å². The zero-order valence-electron chi connectivity index (χ0n) is 11.4. The van der Waals surface area contributed by atoms with Crippen LogP contribution in [0, 0.1) is 5.41 Å². The fraction of sp³-hybridized carbons (Fsp3) is 0.500. The molecule has 2 aromatic rings. The van der Waals surface area contributed by atoms with Crippen molar-refractivity contribution < 1.29 is 0 Å². The molecule has 0 bridgehead atoms. The Hall–Kier alpha value is -1.28. The quantitative estimate of drug-likeness (QED) is 0.881. The van der Waals surface area contributed by atoms with Gasteiger partial charge in [0.2, 0.25) is 0 Å². The Morgan fingerprint density at radius 3 is 2.94 bits per heavy atom. The number of nitrogens with zero attached hydrogens (tertiary/aromatic N) is 1. The van der Waals surface area contributed by atoms with Gasteiger partial charge in [-0.05, 0) is 42.3 Å². The number of benzene rings is 1. The van der Waals surface area contributed by atoms with Crippen LogP contribution in [0.25, 0.3) is 10.9 Å². The minimum atomic E-state index is 0.184. The van der Waals surface area contributed by atoms with Gasteiger partial charge in [0.25, 0.3) is 0 Å². The van der Waals surface area contributed by atoms with Crippen LogP contribution in [-0.4, -0.2) is 11.1 Å². The van der Waals surface area contributed by atoms with Gasteiger partial charge in [0, 0.05) is 18.1 Å². The van der Waals surface area contributed by atoms with Crippen molar-refractivity contribution in [2.45, 2.75) is 39.7 Å². The van der Waals surface area contributed by atoms with Gasteiger partial charge in [0.15, 0.2) is 0 Å². The summed E-state index contributed by atoms with van der Waals surface area (Å²) in [5, 5.41) is 1.44. The summed E-state index contributed by atoms with van der Waals surface area (Å²) in [7, 11) is 0. The van der Waals surface area contributed by atoms with E-state index in [4.69, 9.17) is 5.73 Å². The van der Waals surface area contributed by atoms with Crippen LogP contribution in [-0.2, 0) is 19.4 Å². The zero-order valence-corrected chi connectivity index (χ0v) is 11.4. The normalized spacial score (nSPS) is 15.3. The predicted molar refractivity (Wildman–Crippen MR) is 76.8 cm³/mol. The van der Waals surface area contributed by atoms with E-state index in [1.54, 1.807) is 0 Å². The number of aryl methyl sites for hydroxylation is 2. The van der Waals surface area contributed by atoms with E-state index < -0.39 is 0 Å². The fourth-order valence-corrected chi connectivity index (χ4v) is 3.06. The van der Waals surface area contributed by atoms with E-state index in [1.165, 1.54) is 34.9 Å². The predicted octanol–water partition coefficient (Wildman–Crippen LogP) is 3.11. The highest BCUT2D eigenvalue weighted by molar-refractivity contribution is 5.87. The molecule has 1 aromatic heterocycles. The van der Waals surface area contributed by atoms with Crippen LogP contribution in [0.5, 0.6) is 0 Å². The lowest BCUT2D eigenvalue weighted by atomic mass is 9.86. The van der Waals surface area contributed by atoms with Gasteiger partial charge in [0.1, 0.15) is 0 Å². The molecule has 0 unspecified atom stereocenters. The summed E-state index contributed by atoms with van der Waals surface area (Å²) in [4.78, 5) is 0. The molecule has 0 fully saturated rings. The van der Waals surface area contributed by atoms with Crippen molar-refractivity contribution in [1.29, 1.82) is 0 Å². The number of para-hydroxylation sites is 1. The van der Waals surface area contributed by atoms with E-state index in [-0.39, 0.29) is 5.41 Å². The zero-order chi connectivity index (χ0) is 12.8. The average Bonchev–Trinajstić information content (AvgIpc) is 2.70. The second-order valence-corrected chi connectivity index (χ2v) is 6.31. The average molecular weight is 242 g/mol. The Morgan fingerprint density at radius 2 is 2.17 bits per heavy atom. The van der Waals surface area contributed by atoms with Crippen molar-refractivity contribution in [1.82, 2.24) is 4.57 Å². The van der Waals surface area contributed by atoms with E-state index in [1.807, 2.05) is 0 Å². The summed E-state index contributed by atoms with van der Waals surface area (Å²) >= 11 is 0. The van der Waals surface area contributed by atoms with Crippen molar-refractivity contribution >= 4 is 10.9 Å². The maximum Gasteiger partial charge on any atom is 0.0515 e. The molecule has 96 valence electrons. The first kappa shape index (κ1) is 11.8. The molecule has 0 saturated heterocycles. The molecule has 0 radical (unpaired) electrons. The number of hydrogen-bond donors (Lipinski definition) is 1. The molecular formula is C16H22N2. The van der Waals surface area contributed by atoms with Gasteiger partial charge in [0.05, 0.1) is 5.52 Å². The molecular weight excluding hydrogens is 220 g/mol. The van der Waals surface area contributed by atoms with Crippen molar-refractivity contribution in [3.05, 3.63) is 35.5 Å². The summed E-state index contributed by atoms with van der Waals surface area (Å²) in [5.74, 6) is 0. The Balaban J connectivity index is 2.12. The van der Waals surface area contributed by atoms with Gasteiger partial charge >= 0.3 is 0 Å². The topological polar surface area (TPSA) is 30.9 Å². The van der Waals surface area contributed by atoms with Crippen LogP contribution in [0.15, 0.2) is 24.4 Å². The lowest BCUT2D eigenvalue weighted by Crippen LogP contribution is -2.25. The monoisotopic (exact) mass is 242 g/mol.